The molecule has 0 aliphatic heterocycles. The second-order valence-electron chi connectivity index (χ2n) is 3.43. The van der Waals surface area contributed by atoms with Crippen LogP contribution < -0.4 is 5.32 Å². The van der Waals surface area contributed by atoms with Gasteiger partial charge in [0.15, 0.2) is 0 Å². The maximum absolute atomic E-state index is 10.8. The molecule has 0 saturated carbocycles. The zero-order valence-corrected chi connectivity index (χ0v) is 10.7. The highest BCUT2D eigenvalue weighted by Gasteiger charge is 1.99. The van der Waals surface area contributed by atoms with Crippen LogP contribution in [-0.2, 0) is 9.84 Å². The molecule has 3 nitrogen and oxygen atoms in total. The van der Waals surface area contributed by atoms with Gasteiger partial charge in [-0.1, -0.05) is 6.42 Å². The number of hydrogen-bond donors (Lipinski definition) is 1. The van der Waals surface area contributed by atoms with E-state index in [0.29, 0.717) is 6.54 Å². The van der Waals surface area contributed by atoms with Gasteiger partial charge in [0.05, 0.1) is 5.75 Å². The van der Waals surface area contributed by atoms with Crippen LogP contribution in [0.4, 0.5) is 0 Å². The van der Waals surface area contributed by atoms with Crippen LogP contribution in [0.5, 0.6) is 0 Å². The summed E-state index contributed by atoms with van der Waals surface area (Å²) in [5, 5.41) is 3.13. The molecule has 0 heterocycles. The van der Waals surface area contributed by atoms with E-state index < -0.39 is 9.84 Å². The molecule has 14 heavy (non-hydrogen) atoms. The maximum atomic E-state index is 10.8. The highest BCUT2D eigenvalue weighted by atomic mass is 32.2. The van der Waals surface area contributed by atoms with E-state index in [1.165, 1.54) is 24.9 Å². The highest BCUT2D eigenvalue weighted by molar-refractivity contribution is 7.98. The van der Waals surface area contributed by atoms with Crippen LogP contribution in [0.2, 0.25) is 0 Å². The minimum Gasteiger partial charge on any atom is -0.316 e. The molecule has 0 radical (unpaired) electrons. The second kappa shape index (κ2) is 8.56. The Hall–Kier alpha value is 0.260. The van der Waals surface area contributed by atoms with Crippen LogP contribution in [0.25, 0.3) is 0 Å². The number of thioether (sulfide) groups is 1. The van der Waals surface area contributed by atoms with E-state index in [4.69, 9.17) is 0 Å². The van der Waals surface area contributed by atoms with Crippen LogP contribution in [0, 0.1) is 0 Å². The SMILES string of the molecule is CSCCCCCNCCS(C)(=O)=O. The summed E-state index contributed by atoms with van der Waals surface area (Å²) in [6.45, 7) is 1.52. The summed E-state index contributed by atoms with van der Waals surface area (Å²) in [4.78, 5) is 0. The molecule has 0 aromatic rings. The third-order valence-electron chi connectivity index (χ3n) is 1.85. The van der Waals surface area contributed by atoms with Crippen molar-refractivity contribution in [2.24, 2.45) is 0 Å². The van der Waals surface area contributed by atoms with Crippen molar-refractivity contribution < 1.29 is 8.42 Å². The molecule has 1 N–H and O–H groups in total. The molecule has 0 spiro atoms. The van der Waals surface area contributed by atoms with Crippen LogP contribution in [0.3, 0.4) is 0 Å². The summed E-state index contributed by atoms with van der Waals surface area (Å²) in [5.74, 6) is 1.47. The van der Waals surface area contributed by atoms with Gasteiger partial charge in [-0.2, -0.15) is 11.8 Å². The fourth-order valence-electron chi connectivity index (χ4n) is 1.06. The molecule has 0 unspecified atom stereocenters. The van der Waals surface area contributed by atoms with Crippen LogP contribution >= 0.6 is 11.8 Å². The van der Waals surface area contributed by atoms with E-state index in [1.54, 1.807) is 0 Å². The standard InChI is InChI=1S/C9H21NO2S2/c1-13-8-5-3-4-6-10-7-9-14(2,11)12/h10H,3-9H2,1-2H3. The number of rotatable bonds is 9. The van der Waals surface area contributed by atoms with Crippen molar-refractivity contribution in [2.75, 3.05) is 37.1 Å². The van der Waals surface area contributed by atoms with Crippen molar-refractivity contribution in [3.63, 3.8) is 0 Å². The summed E-state index contributed by atoms with van der Waals surface area (Å²) >= 11 is 1.87. The fraction of sp³-hybridized carbons (Fsp3) is 1.00. The first kappa shape index (κ1) is 14.3. The number of hydrogen-bond acceptors (Lipinski definition) is 4. The van der Waals surface area contributed by atoms with Gasteiger partial charge in [0.1, 0.15) is 9.84 Å². The Kier molecular flexibility index (Phi) is 8.72. The average Bonchev–Trinajstić information content (AvgIpc) is 2.08. The predicted molar refractivity (Wildman–Crippen MR) is 64.8 cm³/mol. The topological polar surface area (TPSA) is 46.2 Å². The van der Waals surface area contributed by atoms with Crippen LogP contribution in [0.15, 0.2) is 0 Å². The normalized spacial score (nSPS) is 11.9. The van der Waals surface area contributed by atoms with E-state index in [1.807, 2.05) is 11.8 Å². The molecule has 86 valence electrons. The first-order chi connectivity index (χ1) is 6.56. The first-order valence-electron chi connectivity index (χ1n) is 4.93. The van der Waals surface area contributed by atoms with Crippen molar-refractivity contribution in [1.82, 2.24) is 5.32 Å². The van der Waals surface area contributed by atoms with E-state index in [9.17, 15) is 8.42 Å². The zero-order chi connectivity index (χ0) is 10.9. The molecule has 0 fully saturated rings. The molecule has 0 amide bonds. The third kappa shape index (κ3) is 12.3. The van der Waals surface area contributed by atoms with Crippen molar-refractivity contribution in [2.45, 2.75) is 19.3 Å². The monoisotopic (exact) mass is 239 g/mol. The van der Waals surface area contributed by atoms with E-state index in [2.05, 4.69) is 11.6 Å². The van der Waals surface area contributed by atoms with Gasteiger partial charge in [-0.3, -0.25) is 0 Å². The Morgan fingerprint density at radius 1 is 1.14 bits per heavy atom. The minimum atomic E-state index is -2.79. The molecular formula is C9H21NO2S2. The molecule has 0 atom stereocenters. The minimum absolute atomic E-state index is 0.248. The largest absolute Gasteiger partial charge is 0.316 e. The first-order valence-corrected chi connectivity index (χ1v) is 8.39. The summed E-state index contributed by atoms with van der Waals surface area (Å²) in [6, 6.07) is 0. The summed E-state index contributed by atoms with van der Waals surface area (Å²) in [7, 11) is -2.79. The van der Waals surface area contributed by atoms with Gasteiger partial charge in [0.25, 0.3) is 0 Å². The Bertz CT molecular complexity index is 215. The molecule has 5 heteroatoms. The summed E-state index contributed by atoms with van der Waals surface area (Å²) in [6.07, 6.45) is 7.02. The van der Waals surface area contributed by atoms with Crippen molar-refractivity contribution in [3.8, 4) is 0 Å². The smallest absolute Gasteiger partial charge is 0.148 e. The molecule has 0 aromatic heterocycles. The molecular weight excluding hydrogens is 218 g/mol. The highest BCUT2D eigenvalue weighted by Crippen LogP contribution is 2.00. The molecule has 0 bridgehead atoms. The van der Waals surface area contributed by atoms with Gasteiger partial charge in [0, 0.05) is 12.8 Å². The van der Waals surface area contributed by atoms with Crippen molar-refractivity contribution in [1.29, 1.82) is 0 Å². The maximum Gasteiger partial charge on any atom is 0.148 e. The van der Waals surface area contributed by atoms with Crippen LogP contribution in [0.1, 0.15) is 19.3 Å². The van der Waals surface area contributed by atoms with Gasteiger partial charge in [-0.25, -0.2) is 8.42 Å². The molecule has 0 rings (SSSR count). The Morgan fingerprint density at radius 2 is 1.86 bits per heavy atom. The lowest BCUT2D eigenvalue weighted by Crippen LogP contribution is -2.23. The summed E-state index contributed by atoms with van der Waals surface area (Å²) < 4.78 is 21.5. The second-order valence-corrected chi connectivity index (χ2v) is 6.68. The molecule has 0 aromatic carbocycles. The lowest BCUT2D eigenvalue weighted by atomic mass is 10.2. The van der Waals surface area contributed by atoms with Crippen molar-refractivity contribution >= 4 is 21.6 Å². The van der Waals surface area contributed by atoms with E-state index in [0.717, 1.165) is 13.0 Å². The quantitative estimate of drug-likeness (QED) is 0.613. The average molecular weight is 239 g/mol. The molecule has 0 aliphatic carbocycles. The third-order valence-corrected chi connectivity index (χ3v) is 3.49. The van der Waals surface area contributed by atoms with Gasteiger partial charge < -0.3 is 5.32 Å². The van der Waals surface area contributed by atoms with Gasteiger partial charge in [0.2, 0.25) is 0 Å². The molecule has 0 aliphatic rings. The Balaban J connectivity index is 3.07. The van der Waals surface area contributed by atoms with Gasteiger partial charge >= 0.3 is 0 Å². The van der Waals surface area contributed by atoms with E-state index in [-0.39, 0.29) is 5.75 Å². The Labute approximate surface area is 92.0 Å². The summed E-state index contributed by atoms with van der Waals surface area (Å²) in [5.41, 5.74) is 0. The van der Waals surface area contributed by atoms with E-state index >= 15 is 0 Å². The molecule has 0 saturated heterocycles. The van der Waals surface area contributed by atoms with Gasteiger partial charge in [-0.05, 0) is 31.4 Å². The fourth-order valence-corrected chi connectivity index (χ4v) is 2.06. The number of unbranched alkanes of at least 4 members (excludes halogenated alkanes) is 2. The van der Waals surface area contributed by atoms with Crippen LogP contribution in [-0.4, -0.2) is 45.5 Å². The Morgan fingerprint density at radius 3 is 2.43 bits per heavy atom. The van der Waals surface area contributed by atoms with Crippen molar-refractivity contribution in [3.05, 3.63) is 0 Å². The number of nitrogens with one attached hydrogen (secondary N) is 1. The van der Waals surface area contributed by atoms with Gasteiger partial charge in [-0.15, -0.1) is 0 Å². The zero-order valence-electron chi connectivity index (χ0n) is 9.08. The number of sulfone groups is 1. The predicted octanol–water partition coefficient (Wildman–Crippen LogP) is 1.15. The lowest BCUT2D eigenvalue weighted by Gasteiger charge is -2.03. The lowest BCUT2D eigenvalue weighted by molar-refractivity contribution is 0.591.